The summed E-state index contributed by atoms with van der Waals surface area (Å²) in [4.78, 5) is 26.9. The molecule has 0 fully saturated rings. The van der Waals surface area contributed by atoms with Gasteiger partial charge in [-0.3, -0.25) is 9.59 Å². The van der Waals surface area contributed by atoms with Gasteiger partial charge in [0.2, 0.25) is 11.8 Å². The van der Waals surface area contributed by atoms with Crippen molar-refractivity contribution in [1.82, 2.24) is 10.2 Å². The Morgan fingerprint density at radius 2 is 1.73 bits per heavy atom. The van der Waals surface area contributed by atoms with Crippen molar-refractivity contribution >= 4 is 35.0 Å². The minimum atomic E-state index is -0.550. The molecular formula is C20H22Cl2N2O2. The van der Waals surface area contributed by atoms with Crippen molar-refractivity contribution in [2.24, 2.45) is 0 Å². The molecule has 0 heterocycles. The van der Waals surface area contributed by atoms with Gasteiger partial charge in [-0.2, -0.15) is 0 Å². The van der Waals surface area contributed by atoms with Crippen molar-refractivity contribution in [3.05, 3.63) is 69.7 Å². The summed E-state index contributed by atoms with van der Waals surface area (Å²) in [6, 6.07) is 13.9. The summed E-state index contributed by atoms with van der Waals surface area (Å²) < 4.78 is 0. The first kappa shape index (κ1) is 20.3. The molecule has 0 aromatic heterocycles. The van der Waals surface area contributed by atoms with Gasteiger partial charge in [0.1, 0.15) is 6.04 Å². The van der Waals surface area contributed by atoms with E-state index >= 15 is 0 Å². The molecule has 2 aromatic rings. The molecule has 0 spiro atoms. The van der Waals surface area contributed by atoms with E-state index in [1.807, 2.05) is 37.3 Å². The third-order valence-corrected chi connectivity index (χ3v) is 4.82. The molecule has 1 unspecified atom stereocenters. The fourth-order valence-electron chi connectivity index (χ4n) is 2.78. The second-order valence-electron chi connectivity index (χ2n) is 5.95. The standard InChI is InChI=1S/C20H22Cl2N2O2/c1-3-18(20(26)23-2)24(13-14-8-10-16(21)11-9-14)19(25)12-15-6-4-5-7-17(15)22/h4-11,18H,3,12-13H2,1-2H3,(H,23,26). The third-order valence-electron chi connectivity index (χ3n) is 4.20. The number of carbonyl (C=O) groups is 2. The van der Waals surface area contributed by atoms with Crippen molar-refractivity contribution in [2.75, 3.05) is 7.05 Å². The lowest BCUT2D eigenvalue weighted by Crippen LogP contribution is -2.48. The quantitative estimate of drug-likeness (QED) is 0.771. The molecule has 26 heavy (non-hydrogen) atoms. The van der Waals surface area contributed by atoms with Crippen LogP contribution in [-0.4, -0.2) is 29.8 Å². The highest BCUT2D eigenvalue weighted by atomic mass is 35.5. The lowest BCUT2D eigenvalue weighted by Gasteiger charge is -2.30. The number of amides is 2. The Balaban J connectivity index is 2.29. The molecule has 6 heteroatoms. The van der Waals surface area contributed by atoms with Crippen molar-refractivity contribution in [3.8, 4) is 0 Å². The summed E-state index contributed by atoms with van der Waals surface area (Å²) in [7, 11) is 1.57. The van der Waals surface area contributed by atoms with Crippen LogP contribution in [0, 0.1) is 0 Å². The first-order valence-corrected chi connectivity index (χ1v) is 9.20. The fraction of sp³-hybridized carbons (Fsp3) is 0.300. The third kappa shape index (κ3) is 5.23. The van der Waals surface area contributed by atoms with Crippen LogP contribution in [0.2, 0.25) is 10.0 Å². The molecule has 2 rings (SSSR count). The van der Waals surface area contributed by atoms with Crippen LogP contribution in [0.15, 0.2) is 48.5 Å². The maximum atomic E-state index is 13.0. The molecule has 2 amide bonds. The maximum Gasteiger partial charge on any atom is 0.242 e. The molecule has 0 aliphatic rings. The smallest absolute Gasteiger partial charge is 0.242 e. The number of likely N-dealkylation sites (N-methyl/N-ethyl adjacent to an activating group) is 1. The monoisotopic (exact) mass is 392 g/mol. The fourth-order valence-corrected chi connectivity index (χ4v) is 3.11. The molecule has 0 saturated carbocycles. The Kier molecular flexibility index (Phi) is 7.49. The van der Waals surface area contributed by atoms with Crippen LogP contribution in [0.25, 0.3) is 0 Å². The molecule has 0 saturated heterocycles. The molecule has 0 radical (unpaired) electrons. The number of hydrogen-bond acceptors (Lipinski definition) is 2. The molecule has 0 bridgehead atoms. The Hall–Kier alpha value is -2.04. The zero-order valence-electron chi connectivity index (χ0n) is 14.8. The minimum absolute atomic E-state index is 0.140. The van der Waals surface area contributed by atoms with Crippen LogP contribution in [0.3, 0.4) is 0 Å². The highest BCUT2D eigenvalue weighted by Crippen LogP contribution is 2.20. The zero-order chi connectivity index (χ0) is 19.1. The van der Waals surface area contributed by atoms with Crippen molar-refractivity contribution < 1.29 is 9.59 Å². The van der Waals surface area contributed by atoms with Gasteiger partial charge in [-0.1, -0.05) is 60.5 Å². The second-order valence-corrected chi connectivity index (χ2v) is 6.80. The maximum absolute atomic E-state index is 13.0. The highest BCUT2D eigenvalue weighted by molar-refractivity contribution is 6.31. The lowest BCUT2D eigenvalue weighted by molar-refractivity contribution is -0.140. The summed E-state index contributed by atoms with van der Waals surface area (Å²) >= 11 is 12.1. The summed E-state index contributed by atoms with van der Waals surface area (Å²) in [6.07, 6.45) is 0.655. The second kappa shape index (κ2) is 9.60. The molecule has 0 aliphatic carbocycles. The van der Waals surface area contributed by atoms with Gasteiger partial charge in [-0.15, -0.1) is 0 Å². The largest absolute Gasteiger partial charge is 0.357 e. The number of nitrogens with zero attached hydrogens (tertiary/aromatic N) is 1. The summed E-state index contributed by atoms with van der Waals surface area (Å²) in [5.41, 5.74) is 1.65. The summed E-state index contributed by atoms with van der Waals surface area (Å²) in [5, 5.41) is 3.81. The molecule has 1 atom stereocenters. The average Bonchev–Trinajstić information content (AvgIpc) is 2.64. The molecular weight excluding hydrogens is 371 g/mol. The molecule has 0 aliphatic heterocycles. The van der Waals surface area contributed by atoms with Gasteiger partial charge in [-0.25, -0.2) is 0 Å². The highest BCUT2D eigenvalue weighted by Gasteiger charge is 2.28. The van der Waals surface area contributed by atoms with E-state index < -0.39 is 6.04 Å². The number of hydrogen-bond donors (Lipinski definition) is 1. The Morgan fingerprint density at radius 1 is 1.08 bits per heavy atom. The first-order chi connectivity index (χ1) is 12.5. The van der Waals surface area contributed by atoms with Gasteiger partial charge < -0.3 is 10.2 Å². The van der Waals surface area contributed by atoms with Gasteiger partial charge in [0.05, 0.1) is 6.42 Å². The Bertz CT molecular complexity index is 763. The number of halogens is 2. The van der Waals surface area contributed by atoms with E-state index in [0.717, 1.165) is 11.1 Å². The first-order valence-electron chi connectivity index (χ1n) is 8.45. The molecule has 4 nitrogen and oxygen atoms in total. The van der Waals surface area contributed by atoms with Crippen LogP contribution in [0.1, 0.15) is 24.5 Å². The predicted molar refractivity (Wildman–Crippen MR) is 105 cm³/mol. The SMILES string of the molecule is CCC(C(=O)NC)N(Cc1ccc(Cl)cc1)C(=O)Cc1ccccc1Cl. The van der Waals surface area contributed by atoms with Crippen LogP contribution in [0.5, 0.6) is 0 Å². The van der Waals surface area contributed by atoms with Gasteiger partial charge in [0.15, 0.2) is 0 Å². The number of carbonyl (C=O) groups excluding carboxylic acids is 2. The van der Waals surface area contributed by atoms with E-state index in [1.165, 1.54) is 0 Å². The molecule has 1 N–H and O–H groups in total. The minimum Gasteiger partial charge on any atom is -0.357 e. The van der Waals surface area contributed by atoms with E-state index in [0.29, 0.717) is 23.0 Å². The van der Waals surface area contributed by atoms with Crippen LogP contribution < -0.4 is 5.32 Å². The van der Waals surface area contributed by atoms with E-state index in [4.69, 9.17) is 23.2 Å². The van der Waals surface area contributed by atoms with Crippen molar-refractivity contribution in [3.63, 3.8) is 0 Å². The number of rotatable bonds is 7. The van der Waals surface area contributed by atoms with E-state index in [9.17, 15) is 9.59 Å². The van der Waals surface area contributed by atoms with E-state index in [-0.39, 0.29) is 18.2 Å². The van der Waals surface area contributed by atoms with E-state index in [1.54, 1.807) is 30.1 Å². The summed E-state index contributed by atoms with van der Waals surface area (Å²) in [6.45, 7) is 2.21. The van der Waals surface area contributed by atoms with Gasteiger partial charge in [0, 0.05) is 23.6 Å². The topological polar surface area (TPSA) is 49.4 Å². The molecule has 2 aromatic carbocycles. The Morgan fingerprint density at radius 3 is 2.31 bits per heavy atom. The van der Waals surface area contributed by atoms with E-state index in [2.05, 4.69) is 5.32 Å². The van der Waals surface area contributed by atoms with Gasteiger partial charge >= 0.3 is 0 Å². The predicted octanol–water partition coefficient (Wildman–Crippen LogP) is 4.09. The van der Waals surface area contributed by atoms with Crippen molar-refractivity contribution in [1.29, 1.82) is 0 Å². The zero-order valence-corrected chi connectivity index (χ0v) is 16.3. The lowest BCUT2D eigenvalue weighted by atomic mass is 10.1. The average molecular weight is 393 g/mol. The number of benzene rings is 2. The van der Waals surface area contributed by atoms with Crippen LogP contribution >= 0.6 is 23.2 Å². The molecule has 138 valence electrons. The Labute approximate surface area is 164 Å². The van der Waals surface area contributed by atoms with Crippen LogP contribution in [-0.2, 0) is 22.6 Å². The number of nitrogens with one attached hydrogen (secondary N) is 1. The van der Waals surface area contributed by atoms with Crippen LogP contribution in [0.4, 0.5) is 0 Å². The van der Waals surface area contributed by atoms with Gasteiger partial charge in [0.25, 0.3) is 0 Å². The normalized spacial score (nSPS) is 11.7. The van der Waals surface area contributed by atoms with Crippen molar-refractivity contribution in [2.45, 2.75) is 32.4 Å². The summed E-state index contributed by atoms with van der Waals surface area (Å²) in [5.74, 6) is -0.336. The van der Waals surface area contributed by atoms with Gasteiger partial charge in [-0.05, 0) is 35.7 Å².